The van der Waals surface area contributed by atoms with Crippen molar-refractivity contribution < 1.29 is 9.53 Å². The van der Waals surface area contributed by atoms with Crippen molar-refractivity contribution in [3.8, 4) is 0 Å². The maximum atomic E-state index is 11.9. The highest BCUT2D eigenvalue weighted by atomic mass is 16.5. The van der Waals surface area contributed by atoms with E-state index in [1.165, 1.54) is 32.8 Å². The molecule has 4 heteroatoms. The first-order valence-electron chi connectivity index (χ1n) is 8.44. The van der Waals surface area contributed by atoms with E-state index in [1.807, 2.05) is 0 Å². The van der Waals surface area contributed by atoms with Crippen LogP contribution in [0, 0.1) is 5.92 Å². The van der Waals surface area contributed by atoms with Crippen molar-refractivity contribution >= 4 is 5.97 Å². The van der Waals surface area contributed by atoms with Gasteiger partial charge in [0.05, 0.1) is 7.11 Å². The normalized spacial score (nSPS) is 27.6. The molecule has 1 N–H and O–H groups in total. The van der Waals surface area contributed by atoms with Crippen molar-refractivity contribution in [2.24, 2.45) is 5.92 Å². The van der Waals surface area contributed by atoms with E-state index < -0.39 is 0 Å². The van der Waals surface area contributed by atoms with Gasteiger partial charge in [-0.3, -0.25) is 4.79 Å². The van der Waals surface area contributed by atoms with Crippen LogP contribution in [-0.4, -0.2) is 50.2 Å². The number of methoxy groups -OCH3 is 1. The molecule has 21 heavy (non-hydrogen) atoms. The Morgan fingerprint density at radius 1 is 1.48 bits per heavy atom. The number of nitrogens with one attached hydrogen (secondary N) is 1. The van der Waals surface area contributed by atoms with Gasteiger partial charge in [-0.2, -0.15) is 0 Å². The Bertz CT molecular complexity index is 320. The van der Waals surface area contributed by atoms with Crippen LogP contribution in [0.5, 0.6) is 0 Å². The maximum absolute atomic E-state index is 11.9. The van der Waals surface area contributed by atoms with Gasteiger partial charge in [0, 0.05) is 12.1 Å². The highest BCUT2D eigenvalue weighted by Gasteiger charge is 2.37. The van der Waals surface area contributed by atoms with Gasteiger partial charge in [0.1, 0.15) is 6.04 Å². The molecule has 0 aliphatic heterocycles. The average molecular weight is 298 g/mol. The smallest absolute Gasteiger partial charge is 0.322 e. The molecule has 0 radical (unpaired) electrons. The molecule has 1 fully saturated rings. The van der Waals surface area contributed by atoms with E-state index in [0.29, 0.717) is 0 Å². The summed E-state index contributed by atoms with van der Waals surface area (Å²) in [5, 5.41) is 3.50. The van der Waals surface area contributed by atoms with Gasteiger partial charge in [-0.25, -0.2) is 0 Å². The summed E-state index contributed by atoms with van der Waals surface area (Å²) >= 11 is 0. The van der Waals surface area contributed by atoms with E-state index in [9.17, 15) is 4.79 Å². The van der Waals surface area contributed by atoms with E-state index in [4.69, 9.17) is 4.74 Å². The summed E-state index contributed by atoms with van der Waals surface area (Å²) in [6.07, 6.45) is 8.03. The lowest BCUT2D eigenvalue weighted by Crippen LogP contribution is -2.56. The van der Waals surface area contributed by atoms with Crippen LogP contribution in [-0.2, 0) is 9.53 Å². The predicted octanol–water partition coefficient (Wildman–Crippen LogP) is 2.82. The Hall–Kier alpha value is -0.610. The van der Waals surface area contributed by atoms with Crippen molar-refractivity contribution in [1.82, 2.24) is 10.2 Å². The maximum Gasteiger partial charge on any atom is 0.322 e. The summed E-state index contributed by atoms with van der Waals surface area (Å²) in [6, 6.07) is -0.163. The first-order chi connectivity index (χ1) is 9.95. The van der Waals surface area contributed by atoms with Gasteiger partial charge in [0.15, 0.2) is 0 Å². The lowest BCUT2D eigenvalue weighted by atomic mass is 9.75. The number of hydrogen-bond donors (Lipinski definition) is 1. The SMILES string of the molecule is CCCCC(NCC1(N(C)C)CCCC(C)C1)C(=O)OC. The molecule has 0 amide bonds. The quantitative estimate of drug-likeness (QED) is 0.700. The summed E-state index contributed by atoms with van der Waals surface area (Å²) in [7, 11) is 5.81. The van der Waals surface area contributed by atoms with Crippen molar-refractivity contribution in [3.63, 3.8) is 0 Å². The Kier molecular flexibility index (Phi) is 7.67. The van der Waals surface area contributed by atoms with Gasteiger partial charge in [-0.1, -0.05) is 39.5 Å². The zero-order chi connectivity index (χ0) is 15.9. The second-order valence-corrected chi connectivity index (χ2v) is 6.92. The molecule has 0 aromatic rings. The molecule has 1 aliphatic carbocycles. The molecular formula is C17H34N2O2. The lowest BCUT2D eigenvalue weighted by Gasteiger charge is -2.46. The van der Waals surface area contributed by atoms with Crippen LogP contribution in [0.2, 0.25) is 0 Å². The van der Waals surface area contributed by atoms with E-state index in [2.05, 4.69) is 38.2 Å². The molecule has 0 aromatic heterocycles. The Labute approximate surface area is 130 Å². The van der Waals surface area contributed by atoms with Crippen LogP contribution in [0.4, 0.5) is 0 Å². The molecular weight excluding hydrogens is 264 g/mol. The number of ether oxygens (including phenoxy) is 1. The van der Waals surface area contributed by atoms with Crippen LogP contribution in [0.25, 0.3) is 0 Å². The van der Waals surface area contributed by atoms with Gasteiger partial charge < -0.3 is 15.0 Å². The number of esters is 1. The van der Waals surface area contributed by atoms with Crippen LogP contribution in [0.15, 0.2) is 0 Å². The van der Waals surface area contributed by atoms with Crippen molar-refractivity contribution in [2.75, 3.05) is 27.7 Å². The molecule has 4 nitrogen and oxygen atoms in total. The summed E-state index contributed by atoms with van der Waals surface area (Å²) in [5.74, 6) is 0.636. The zero-order valence-electron chi connectivity index (χ0n) is 14.6. The van der Waals surface area contributed by atoms with Gasteiger partial charge >= 0.3 is 5.97 Å². The van der Waals surface area contributed by atoms with Crippen molar-refractivity contribution in [1.29, 1.82) is 0 Å². The first kappa shape index (κ1) is 18.4. The molecule has 1 saturated carbocycles. The Morgan fingerprint density at radius 2 is 2.19 bits per heavy atom. The third kappa shape index (κ3) is 5.26. The molecule has 0 heterocycles. The zero-order valence-corrected chi connectivity index (χ0v) is 14.6. The molecule has 0 spiro atoms. The number of likely N-dealkylation sites (N-methyl/N-ethyl adjacent to an activating group) is 1. The van der Waals surface area contributed by atoms with Gasteiger partial charge in [0.25, 0.3) is 0 Å². The highest BCUT2D eigenvalue weighted by molar-refractivity contribution is 5.75. The standard InChI is InChI=1S/C17H34N2O2/c1-6-7-10-15(16(20)21-5)18-13-17(19(3)4)11-8-9-14(2)12-17/h14-15,18H,6-13H2,1-5H3. The molecule has 3 unspecified atom stereocenters. The number of carbonyl (C=O) groups excluding carboxylic acids is 1. The molecule has 0 bridgehead atoms. The fourth-order valence-electron chi connectivity index (χ4n) is 3.52. The van der Waals surface area contributed by atoms with E-state index in [-0.39, 0.29) is 17.6 Å². The van der Waals surface area contributed by atoms with Crippen LogP contribution >= 0.6 is 0 Å². The largest absolute Gasteiger partial charge is 0.468 e. The monoisotopic (exact) mass is 298 g/mol. The van der Waals surface area contributed by atoms with Crippen LogP contribution < -0.4 is 5.32 Å². The second-order valence-electron chi connectivity index (χ2n) is 6.92. The lowest BCUT2D eigenvalue weighted by molar-refractivity contribution is -0.143. The number of carbonyl (C=O) groups is 1. The van der Waals surface area contributed by atoms with Crippen molar-refractivity contribution in [2.45, 2.75) is 70.4 Å². The van der Waals surface area contributed by atoms with E-state index in [0.717, 1.165) is 31.7 Å². The van der Waals surface area contributed by atoms with E-state index in [1.54, 1.807) is 0 Å². The number of hydrogen-bond acceptors (Lipinski definition) is 4. The summed E-state index contributed by atoms with van der Waals surface area (Å²) in [4.78, 5) is 14.3. The van der Waals surface area contributed by atoms with Gasteiger partial charge in [-0.15, -0.1) is 0 Å². The Morgan fingerprint density at radius 3 is 2.71 bits per heavy atom. The minimum atomic E-state index is -0.163. The molecule has 1 rings (SSSR count). The minimum Gasteiger partial charge on any atom is -0.468 e. The fourth-order valence-corrected chi connectivity index (χ4v) is 3.52. The molecule has 1 aliphatic rings. The molecule has 3 atom stereocenters. The minimum absolute atomic E-state index is 0.124. The van der Waals surface area contributed by atoms with Crippen LogP contribution in [0.1, 0.15) is 58.8 Å². The number of rotatable bonds is 8. The summed E-state index contributed by atoms with van der Waals surface area (Å²) in [5.41, 5.74) is 0.177. The second kappa shape index (κ2) is 8.74. The molecule has 0 aromatic carbocycles. The summed E-state index contributed by atoms with van der Waals surface area (Å²) < 4.78 is 4.95. The molecule has 0 saturated heterocycles. The Balaban J connectivity index is 2.67. The van der Waals surface area contributed by atoms with Crippen LogP contribution in [0.3, 0.4) is 0 Å². The predicted molar refractivity (Wildman–Crippen MR) is 87.4 cm³/mol. The topological polar surface area (TPSA) is 41.6 Å². The fraction of sp³-hybridized carbons (Fsp3) is 0.941. The van der Waals surface area contributed by atoms with Crippen molar-refractivity contribution in [3.05, 3.63) is 0 Å². The van der Waals surface area contributed by atoms with Gasteiger partial charge in [0.2, 0.25) is 0 Å². The molecule has 124 valence electrons. The van der Waals surface area contributed by atoms with Gasteiger partial charge in [-0.05, 0) is 39.3 Å². The van der Waals surface area contributed by atoms with E-state index >= 15 is 0 Å². The highest BCUT2D eigenvalue weighted by Crippen LogP contribution is 2.35. The third-order valence-electron chi connectivity index (χ3n) is 5.03. The third-order valence-corrected chi connectivity index (χ3v) is 5.03. The first-order valence-corrected chi connectivity index (χ1v) is 8.44. The average Bonchev–Trinajstić information content (AvgIpc) is 2.46. The number of nitrogens with zero attached hydrogens (tertiary/aromatic N) is 1. The summed E-state index contributed by atoms with van der Waals surface area (Å²) in [6.45, 7) is 5.36. The number of unbranched alkanes of at least 4 members (excludes halogenated alkanes) is 1.